The summed E-state index contributed by atoms with van der Waals surface area (Å²) in [5, 5.41) is 9.62. The molecule has 1 aromatic carbocycles. The highest BCUT2D eigenvalue weighted by Crippen LogP contribution is 2.26. The van der Waals surface area contributed by atoms with Gasteiger partial charge in [0.15, 0.2) is 0 Å². The molecule has 0 unspecified atom stereocenters. The Morgan fingerprint density at radius 3 is 2.53 bits per heavy atom. The molecule has 0 saturated heterocycles. The number of ether oxygens (including phenoxy) is 1. The molecule has 0 bridgehead atoms. The monoisotopic (exact) mass is 285 g/mol. The molecule has 0 aliphatic rings. The van der Waals surface area contributed by atoms with Crippen molar-refractivity contribution >= 4 is 17.6 Å². The molecule has 4 nitrogen and oxygen atoms in total. The second-order valence-corrected chi connectivity index (χ2v) is 5.81. The van der Waals surface area contributed by atoms with Gasteiger partial charge < -0.3 is 9.84 Å². The van der Waals surface area contributed by atoms with E-state index < -0.39 is 5.97 Å². The van der Waals surface area contributed by atoms with E-state index in [0.29, 0.717) is 17.3 Å². The van der Waals surface area contributed by atoms with Crippen LogP contribution in [0.4, 0.5) is 0 Å². The molecule has 0 spiro atoms. The van der Waals surface area contributed by atoms with Crippen molar-refractivity contribution in [1.82, 2.24) is 4.90 Å². The van der Waals surface area contributed by atoms with Gasteiger partial charge in [-0.1, -0.05) is 11.6 Å². The number of rotatable bonds is 5. The largest absolute Gasteiger partial charge is 0.496 e. The van der Waals surface area contributed by atoms with Gasteiger partial charge in [-0.3, -0.25) is 9.69 Å². The highest BCUT2D eigenvalue weighted by atomic mass is 35.5. The first-order valence-electron chi connectivity index (χ1n) is 6.03. The summed E-state index contributed by atoms with van der Waals surface area (Å²) in [5.41, 5.74) is 0.623. The van der Waals surface area contributed by atoms with Gasteiger partial charge in [0.25, 0.3) is 0 Å². The zero-order valence-electron chi connectivity index (χ0n) is 11.7. The van der Waals surface area contributed by atoms with Crippen molar-refractivity contribution in [1.29, 1.82) is 0 Å². The SMILES string of the molecule is COc1ccc(Cl)cc1CN(CC(=O)O)C(C)(C)C. The Morgan fingerprint density at radius 1 is 1.42 bits per heavy atom. The Balaban J connectivity index is 3.02. The van der Waals surface area contributed by atoms with Crippen LogP contribution in [0.2, 0.25) is 5.02 Å². The lowest BCUT2D eigenvalue weighted by molar-refractivity contribution is -0.139. The summed E-state index contributed by atoms with van der Waals surface area (Å²) < 4.78 is 5.29. The molecule has 1 N–H and O–H groups in total. The van der Waals surface area contributed by atoms with Crippen molar-refractivity contribution < 1.29 is 14.6 Å². The van der Waals surface area contributed by atoms with Crippen LogP contribution in [0.25, 0.3) is 0 Å². The second-order valence-electron chi connectivity index (χ2n) is 5.38. The Kier molecular flexibility index (Phi) is 5.20. The van der Waals surface area contributed by atoms with Crippen molar-refractivity contribution in [2.45, 2.75) is 32.9 Å². The third kappa shape index (κ3) is 4.73. The van der Waals surface area contributed by atoms with Crippen LogP contribution in [0.3, 0.4) is 0 Å². The zero-order chi connectivity index (χ0) is 14.6. The van der Waals surface area contributed by atoms with Crippen molar-refractivity contribution in [3.8, 4) is 5.75 Å². The normalized spacial score (nSPS) is 11.7. The molecule has 0 radical (unpaired) electrons. The number of nitrogens with zero attached hydrogens (tertiary/aromatic N) is 1. The molecule has 0 aromatic heterocycles. The van der Waals surface area contributed by atoms with Crippen molar-refractivity contribution in [3.05, 3.63) is 28.8 Å². The smallest absolute Gasteiger partial charge is 0.317 e. The predicted octanol–water partition coefficient (Wildman–Crippen LogP) is 3.03. The lowest BCUT2D eigenvalue weighted by atomic mass is 10.0. The van der Waals surface area contributed by atoms with E-state index in [1.165, 1.54) is 0 Å². The summed E-state index contributed by atoms with van der Waals surface area (Å²) in [4.78, 5) is 12.8. The van der Waals surface area contributed by atoms with Crippen LogP contribution < -0.4 is 4.74 Å². The zero-order valence-corrected chi connectivity index (χ0v) is 12.5. The van der Waals surface area contributed by atoms with Crippen LogP contribution in [0.1, 0.15) is 26.3 Å². The molecule has 0 atom stereocenters. The van der Waals surface area contributed by atoms with Gasteiger partial charge in [0, 0.05) is 22.7 Å². The minimum absolute atomic E-state index is 0.0286. The maximum absolute atomic E-state index is 11.0. The van der Waals surface area contributed by atoms with Crippen molar-refractivity contribution in [3.63, 3.8) is 0 Å². The van der Waals surface area contributed by atoms with Crippen molar-refractivity contribution in [2.24, 2.45) is 0 Å². The number of carboxylic acid groups (broad SMARTS) is 1. The Labute approximate surface area is 118 Å². The maximum Gasteiger partial charge on any atom is 0.317 e. The summed E-state index contributed by atoms with van der Waals surface area (Å²) in [7, 11) is 1.59. The predicted molar refractivity (Wildman–Crippen MR) is 75.8 cm³/mol. The molecule has 0 heterocycles. The molecule has 106 valence electrons. The molecule has 0 aliphatic heterocycles. The van der Waals surface area contributed by atoms with Gasteiger partial charge in [-0.05, 0) is 39.0 Å². The lowest BCUT2D eigenvalue weighted by Crippen LogP contribution is -2.43. The first-order valence-corrected chi connectivity index (χ1v) is 6.41. The van der Waals surface area contributed by atoms with Gasteiger partial charge >= 0.3 is 5.97 Å². The number of hydrogen-bond acceptors (Lipinski definition) is 3. The second kappa shape index (κ2) is 6.26. The molecule has 1 aromatic rings. The number of hydrogen-bond donors (Lipinski definition) is 1. The first-order chi connectivity index (χ1) is 8.74. The van der Waals surface area contributed by atoms with Gasteiger partial charge in [-0.25, -0.2) is 0 Å². The topological polar surface area (TPSA) is 49.8 Å². The van der Waals surface area contributed by atoms with E-state index in [1.54, 1.807) is 25.3 Å². The number of benzene rings is 1. The van der Waals surface area contributed by atoms with E-state index in [2.05, 4.69) is 0 Å². The van der Waals surface area contributed by atoms with Crippen LogP contribution in [0, 0.1) is 0 Å². The maximum atomic E-state index is 11.0. The van der Waals surface area contributed by atoms with Crippen molar-refractivity contribution in [2.75, 3.05) is 13.7 Å². The molecular weight excluding hydrogens is 266 g/mol. The number of carbonyl (C=O) groups is 1. The third-order valence-electron chi connectivity index (χ3n) is 2.88. The molecule has 0 fully saturated rings. The standard InChI is InChI=1S/C14H20ClNO3/c1-14(2,3)16(9-13(17)18)8-10-7-11(15)5-6-12(10)19-4/h5-7H,8-9H2,1-4H3,(H,17,18). The van der Waals surface area contributed by atoms with Crippen LogP contribution >= 0.6 is 11.6 Å². The molecule has 1 rings (SSSR count). The van der Waals surface area contributed by atoms with Gasteiger partial charge in [-0.15, -0.1) is 0 Å². The molecule has 0 amide bonds. The van der Waals surface area contributed by atoms with Crippen LogP contribution in [-0.4, -0.2) is 35.2 Å². The van der Waals surface area contributed by atoms with Crippen LogP contribution in [-0.2, 0) is 11.3 Å². The first kappa shape index (κ1) is 15.8. The number of methoxy groups -OCH3 is 1. The van der Waals surface area contributed by atoms with E-state index in [4.69, 9.17) is 21.4 Å². The van der Waals surface area contributed by atoms with E-state index in [-0.39, 0.29) is 12.1 Å². The van der Waals surface area contributed by atoms with Gasteiger partial charge in [0.2, 0.25) is 0 Å². The van der Waals surface area contributed by atoms with Gasteiger partial charge in [0.1, 0.15) is 5.75 Å². The van der Waals surface area contributed by atoms with E-state index in [0.717, 1.165) is 5.56 Å². The fraction of sp³-hybridized carbons (Fsp3) is 0.500. The van der Waals surface area contributed by atoms with Gasteiger partial charge in [0.05, 0.1) is 13.7 Å². The highest BCUT2D eigenvalue weighted by Gasteiger charge is 2.24. The fourth-order valence-corrected chi connectivity index (χ4v) is 1.96. The number of aliphatic carboxylic acids is 1. The molecule has 0 saturated carbocycles. The van der Waals surface area contributed by atoms with E-state index >= 15 is 0 Å². The number of halogens is 1. The summed E-state index contributed by atoms with van der Waals surface area (Å²) in [6.45, 7) is 6.38. The third-order valence-corrected chi connectivity index (χ3v) is 3.11. The molecule has 0 aliphatic carbocycles. The Morgan fingerprint density at radius 2 is 2.05 bits per heavy atom. The summed E-state index contributed by atoms with van der Waals surface area (Å²) >= 11 is 5.99. The Bertz CT molecular complexity index is 454. The van der Waals surface area contributed by atoms with E-state index in [1.807, 2.05) is 25.7 Å². The quantitative estimate of drug-likeness (QED) is 0.903. The molecular formula is C14H20ClNO3. The highest BCUT2D eigenvalue weighted by molar-refractivity contribution is 6.30. The molecule has 19 heavy (non-hydrogen) atoms. The van der Waals surface area contributed by atoms with Gasteiger partial charge in [-0.2, -0.15) is 0 Å². The minimum atomic E-state index is -0.851. The fourth-order valence-electron chi connectivity index (χ4n) is 1.77. The summed E-state index contributed by atoms with van der Waals surface area (Å²) in [6, 6.07) is 5.35. The Hall–Kier alpha value is -1.26. The molecule has 5 heteroatoms. The average molecular weight is 286 g/mol. The van der Waals surface area contributed by atoms with E-state index in [9.17, 15) is 4.79 Å². The van der Waals surface area contributed by atoms with Crippen LogP contribution in [0.15, 0.2) is 18.2 Å². The summed E-state index contributed by atoms with van der Waals surface area (Å²) in [6.07, 6.45) is 0. The van der Waals surface area contributed by atoms with Crippen LogP contribution in [0.5, 0.6) is 5.75 Å². The number of carboxylic acids is 1. The lowest BCUT2D eigenvalue weighted by Gasteiger charge is -2.34. The average Bonchev–Trinajstić information content (AvgIpc) is 2.26. The minimum Gasteiger partial charge on any atom is -0.496 e. The summed E-state index contributed by atoms with van der Waals surface area (Å²) in [5.74, 6) is -0.139.